The van der Waals surface area contributed by atoms with E-state index in [1.807, 2.05) is 22.6 Å². The second-order valence-electron chi connectivity index (χ2n) is 4.32. The van der Waals surface area contributed by atoms with Gasteiger partial charge in [-0.1, -0.05) is 0 Å². The van der Waals surface area contributed by atoms with Crippen LogP contribution in [0.4, 0.5) is 4.79 Å². The molecule has 1 aromatic heterocycles. The number of fused-ring (bicyclic) bond motifs is 1. The molecule has 0 saturated carbocycles. The lowest BCUT2D eigenvalue weighted by Gasteiger charge is -2.26. The SMILES string of the molecule is COC(=O)N1C[C@@H]2O[C@@H]2[C@@H]1n1cc(I)c(=O)[nH]c1=O. The van der Waals surface area contributed by atoms with Gasteiger partial charge in [0.05, 0.1) is 17.2 Å². The number of epoxide rings is 1. The van der Waals surface area contributed by atoms with Crippen molar-refractivity contribution in [2.75, 3.05) is 13.7 Å². The number of ether oxygens (including phenoxy) is 2. The van der Waals surface area contributed by atoms with Crippen LogP contribution < -0.4 is 11.2 Å². The highest BCUT2D eigenvalue weighted by molar-refractivity contribution is 14.1. The molecule has 0 aliphatic carbocycles. The minimum absolute atomic E-state index is 0.0689. The molecule has 3 rings (SSSR count). The highest BCUT2D eigenvalue weighted by Crippen LogP contribution is 2.42. The summed E-state index contributed by atoms with van der Waals surface area (Å²) < 4.78 is 11.7. The van der Waals surface area contributed by atoms with Crippen LogP contribution in [0.25, 0.3) is 0 Å². The summed E-state index contributed by atoms with van der Waals surface area (Å²) in [6.07, 6.45) is 0.0372. The number of methoxy groups -OCH3 is 1. The normalized spacial score (nSPS) is 28.1. The van der Waals surface area contributed by atoms with Crippen molar-refractivity contribution in [2.24, 2.45) is 0 Å². The van der Waals surface area contributed by atoms with Gasteiger partial charge in [0.15, 0.2) is 0 Å². The molecule has 0 radical (unpaired) electrons. The second kappa shape index (κ2) is 4.34. The predicted octanol–water partition coefficient (Wildman–Crippen LogP) is -0.511. The summed E-state index contributed by atoms with van der Waals surface area (Å²) in [7, 11) is 1.28. The van der Waals surface area contributed by atoms with Crippen LogP contribution in [-0.4, -0.2) is 46.4 Å². The van der Waals surface area contributed by atoms with E-state index in [0.29, 0.717) is 10.1 Å². The maximum Gasteiger partial charge on any atom is 0.411 e. The Balaban J connectivity index is 2.05. The number of hydrogen-bond donors (Lipinski definition) is 1. The van der Waals surface area contributed by atoms with Crippen LogP contribution in [0.1, 0.15) is 6.17 Å². The monoisotopic (exact) mass is 379 g/mol. The number of rotatable bonds is 1. The van der Waals surface area contributed by atoms with Crippen molar-refractivity contribution in [1.29, 1.82) is 0 Å². The van der Waals surface area contributed by atoms with Crippen molar-refractivity contribution < 1.29 is 14.3 Å². The molecule has 19 heavy (non-hydrogen) atoms. The van der Waals surface area contributed by atoms with Gasteiger partial charge in [0.2, 0.25) is 0 Å². The Bertz CT molecular complexity index is 653. The van der Waals surface area contributed by atoms with Crippen LogP contribution in [0.2, 0.25) is 0 Å². The van der Waals surface area contributed by atoms with Crippen molar-refractivity contribution in [3.63, 3.8) is 0 Å². The molecule has 1 amide bonds. The molecule has 3 atom stereocenters. The molecule has 1 aromatic rings. The molecule has 2 fully saturated rings. The fraction of sp³-hybridized carbons (Fsp3) is 0.500. The van der Waals surface area contributed by atoms with Gasteiger partial charge in [-0.2, -0.15) is 0 Å². The molecule has 3 heterocycles. The lowest BCUT2D eigenvalue weighted by atomic mass is 10.3. The predicted molar refractivity (Wildman–Crippen MR) is 70.8 cm³/mol. The van der Waals surface area contributed by atoms with Crippen LogP contribution >= 0.6 is 22.6 Å². The van der Waals surface area contributed by atoms with E-state index in [4.69, 9.17) is 9.47 Å². The Kier molecular flexibility index (Phi) is 2.89. The average Bonchev–Trinajstić information content (AvgIpc) is 3.05. The van der Waals surface area contributed by atoms with Crippen molar-refractivity contribution in [2.45, 2.75) is 18.4 Å². The third-order valence-electron chi connectivity index (χ3n) is 3.23. The number of carbonyl (C=O) groups is 1. The summed E-state index contributed by atoms with van der Waals surface area (Å²) in [4.78, 5) is 38.5. The number of H-pyrrole nitrogens is 1. The van der Waals surface area contributed by atoms with Gasteiger partial charge in [0.1, 0.15) is 18.4 Å². The molecule has 0 unspecified atom stereocenters. The summed E-state index contributed by atoms with van der Waals surface area (Å²) >= 11 is 1.83. The first-order valence-corrected chi connectivity index (χ1v) is 6.62. The summed E-state index contributed by atoms with van der Waals surface area (Å²) in [5.74, 6) is 0. The van der Waals surface area contributed by atoms with Crippen LogP contribution in [0.3, 0.4) is 0 Å². The average molecular weight is 379 g/mol. The number of aromatic amines is 1. The van der Waals surface area contributed by atoms with Gasteiger partial charge in [-0.25, -0.2) is 9.59 Å². The molecule has 2 saturated heterocycles. The number of nitrogens with one attached hydrogen (secondary N) is 1. The Morgan fingerprint density at radius 1 is 1.58 bits per heavy atom. The lowest BCUT2D eigenvalue weighted by Crippen LogP contribution is -2.43. The molecule has 0 aromatic carbocycles. The highest BCUT2D eigenvalue weighted by atomic mass is 127. The number of nitrogens with zero attached hydrogens (tertiary/aromatic N) is 2. The summed E-state index contributed by atoms with van der Waals surface area (Å²) in [5, 5.41) is 0. The largest absolute Gasteiger partial charge is 0.453 e. The molecule has 9 heteroatoms. The van der Waals surface area contributed by atoms with E-state index in [0.717, 1.165) is 0 Å². The zero-order valence-electron chi connectivity index (χ0n) is 9.83. The van der Waals surface area contributed by atoms with Gasteiger partial charge in [-0.15, -0.1) is 0 Å². The summed E-state index contributed by atoms with van der Waals surface area (Å²) in [6, 6.07) is 0. The molecular weight excluding hydrogens is 369 g/mol. The van der Waals surface area contributed by atoms with E-state index < -0.39 is 23.5 Å². The minimum Gasteiger partial charge on any atom is -0.453 e. The first-order chi connectivity index (χ1) is 9.02. The molecule has 0 spiro atoms. The topological polar surface area (TPSA) is 96.9 Å². The number of halogens is 1. The van der Waals surface area contributed by atoms with Gasteiger partial charge < -0.3 is 9.47 Å². The molecule has 2 aliphatic rings. The third kappa shape index (κ3) is 1.96. The zero-order valence-corrected chi connectivity index (χ0v) is 12.0. The van der Waals surface area contributed by atoms with Crippen LogP contribution in [0.15, 0.2) is 15.8 Å². The fourth-order valence-corrected chi connectivity index (χ4v) is 2.75. The van der Waals surface area contributed by atoms with E-state index in [9.17, 15) is 14.4 Å². The number of hydrogen-bond acceptors (Lipinski definition) is 5. The summed E-state index contributed by atoms with van der Waals surface area (Å²) in [5.41, 5.74) is -1.02. The maximum atomic E-state index is 11.9. The van der Waals surface area contributed by atoms with E-state index in [-0.39, 0.29) is 12.2 Å². The Morgan fingerprint density at radius 2 is 2.32 bits per heavy atom. The number of likely N-dealkylation sites (tertiary alicyclic amines) is 1. The number of carbonyl (C=O) groups excluding carboxylic acids is 1. The second-order valence-corrected chi connectivity index (χ2v) is 5.48. The minimum atomic E-state index is -0.574. The van der Waals surface area contributed by atoms with Crippen molar-refractivity contribution >= 4 is 28.7 Å². The van der Waals surface area contributed by atoms with Crippen molar-refractivity contribution in [1.82, 2.24) is 14.5 Å². The number of amides is 1. The Morgan fingerprint density at radius 3 is 3.00 bits per heavy atom. The van der Waals surface area contributed by atoms with Gasteiger partial charge >= 0.3 is 11.8 Å². The van der Waals surface area contributed by atoms with Gasteiger partial charge in [0.25, 0.3) is 5.56 Å². The smallest absolute Gasteiger partial charge is 0.411 e. The molecule has 102 valence electrons. The third-order valence-corrected chi connectivity index (χ3v) is 4.00. The van der Waals surface area contributed by atoms with E-state index in [2.05, 4.69) is 4.98 Å². The lowest BCUT2D eigenvalue weighted by molar-refractivity contribution is 0.0667. The molecule has 0 bridgehead atoms. The van der Waals surface area contributed by atoms with E-state index >= 15 is 0 Å². The van der Waals surface area contributed by atoms with Gasteiger partial charge in [0, 0.05) is 6.20 Å². The number of aromatic nitrogens is 2. The van der Waals surface area contributed by atoms with Crippen LogP contribution in [0, 0.1) is 3.57 Å². The summed E-state index contributed by atoms with van der Waals surface area (Å²) in [6.45, 7) is 0.379. The first kappa shape index (κ1) is 12.7. The van der Waals surface area contributed by atoms with E-state index in [1.54, 1.807) is 0 Å². The molecule has 8 nitrogen and oxygen atoms in total. The molecule has 2 aliphatic heterocycles. The van der Waals surface area contributed by atoms with Gasteiger partial charge in [-0.05, 0) is 22.6 Å². The maximum absolute atomic E-state index is 11.9. The molecule has 1 N–H and O–H groups in total. The van der Waals surface area contributed by atoms with Crippen LogP contribution in [-0.2, 0) is 9.47 Å². The number of morpholine rings is 1. The van der Waals surface area contributed by atoms with Crippen molar-refractivity contribution in [3.8, 4) is 0 Å². The highest BCUT2D eigenvalue weighted by Gasteiger charge is 2.58. The first-order valence-electron chi connectivity index (χ1n) is 5.54. The van der Waals surface area contributed by atoms with Crippen molar-refractivity contribution in [3.05, 3.63) is 30.6 Å². The zero-order chi connectivity index (χ0) is 13.7. The Labute approximate surface area is 120 Å². The quantitative estimate of drug-likeness (QED) is 0.524. The standard InChI is InChI=1S/C10H10IN3O5/c1-18-10(17)14-3-5-6(19-5)8(14)13-2-4(11)7(15)12-9(13)16/h2,5-6,8H,3H2,1H3,(H,12,15,16)/t5-,6-,8+/m0/s1. The fourth-order valence-electron chi connectivity index (χ4n) is 2.31. The van der Waals surface area contributed by atoms with Gasteiger partial charge in [-0.3, -0.25) is 19.2 Å². The van der Waals surface area contributed by atoms with E-state index in [1.165, 1.54) is 22.8 Å². The molecular formula is C10H10IN3O5. The Hall–Kier alpha value is -1.36. The van der Waals surface area contributed by atoms with Crippen LogP contribution in [0.5, 0.6) is 0 Å².